The van der Waals surface area contributed by atoms with Gasteiger partial charge in [-0.3, -0.25) is 4.79 Å². The predicted molar refractivity (Wildman–Crippen MR) is 106 cm³/mol. The van der Waals surface area contributed by atoms with Crippen molar-refractivity contribution in [2.75, 3.05) is 6.61 Å². The maximum atomic E-state index is 12.9. The number of aliphatic hydroxyl groups is 1. The van der Waals surface area contributed by atoms with Crippen LogP contribution in [0.2, 0.25) is 18.1 Å². The van der Waals surface area contributed by atoms with E-state index in [1.165, 1.54) is 0 Å². The van der Waals surface area contributed by atoms with Gasteiger partial charge in [-0.15, -0.1) is 0 Å². The maximum absolute atomic E-state index is 12.9. The SMILES string of the molecule is CC1=CC(=O)[C@H]2C(C)(C)CCC[C@]2(C)[C@@]1(O)CO[Si](C)(C)C(C)(C)C. The van der Waals surface area contributed by atoms with Crippen LogP contribution in [-0.2, 0) is 9.22 Å². The molecule has 4 heteroatoms. The summed E-state index contributed by atoms with van der Waals surface area (Å²) in [6.07, 6.45) is 4.64. The zero-order chi connectivity index (χ0) is 19.5. The molecule has 3 nitrogen and oxygen atoms in total. The molecule has 2 aliphatic carbocycles. The highest BCUT2D eigenvalue weighted by Gasteiger charge is 2.62. The molecule has 0 radical (unpaired) electrons. The van der Waals surface area contributed by atoms with Crippen molar-refractivity contribution in [1.82, 2.24) is 0 Å². The minimum atomic E-state index is -1.98. The highest BCUT2D eigenvalue weighted by atomic mass is 28.4. The van der Waals surface area contributed by atoms with Crippen LogP contribution in [0.5, 0.6) is 0 Å². The quantitative estimate of drug-likeness (QED) is 0.707. The topological polar surface area (TPSA) is 46.5 Å². The van der Waals surface area contributed by atoms with Crippen molar-refractivity contribution >= 4 is 14.1 Å². The molecular formula is C21H38O3Si. The van der Waals surface area contributed by atoms with Crippen LogP contribution >= 0.6 is 0 Å². The Bertz CT molecular complexity index is 584. The lowest BCUT2D eigenvalue weighted by molar-refractivity contribution is -0.169. The Kier molecular flexibility index (Phi) is 5.03. The third-order valence-corrected chi connectivity index (χ3v) is 12.1. The lowest BCUT2D eigenvalue weighted by Crippen LogP contribution is -2.64. The molecule has 1 fully saturated rings. The molecule has 0 aromatic heterocycles. The summed E-state index contributed by atoms with van der Waals surface area (Å²) in [7, 11) is -1.98. The number of carbonyl (C=O) groups excluding carboxylic acids is 1. The second-order valence-corrected chi connectivity index (χ2v) is 15.6. The van der Waals surface area contributed by atoms with E-state index < -0.39 is 19.3 Å². The minimum Gasteiger partial charge on any atom is -0.414 e. The summed E-state index contributed by atoms with van der Waals surface area (Å²) in [5.41, 5.74) is -0.856. The average molecular weight is 367 g/mol. The summed E-state index contributed by atoms with van der Waals surface area (Å²) in [6.45, 7) is 19.7. The molecule has 25 heavy (non-hydrogen) atoms. The maximum Gasteiger partial charge on any atom is 0.192 e. The van der Waals surface area contributed by atoms with Gasteiger partial charge in [0, 0.05) is 11.3 Å². The standard InChI is InChI=1S/C21H38O3Si/c1-15-13-16(22)17-19(5,6)11-10-12-20(17,7)21(15,23)14-24-25(8,9)18(2,3)4/h13,17,23H,10-12,14H2,1-9H3/t17-,20-,21+/m0/s1. The molecule has 0 unspecified atom stereocenters. The zero-order valence-corrected chi connectivity index (χ0v) is 18.7. The van der Waals surface area contributed by atoms with E-state index in [4.69, 9.17) is 4.43 Å². The average Bonchev–Trinajstić information content (AvgIpc) is 2.40. The molecule has 1 N–H and O–H groups in total. The van der Waals surface area contributed by atoms with Crippen molar-refractivity contribution < 1.29 is 14.3 Å². The van der Waals surface area contributed by atoms with E-state index >= 15 is 0 Å². The third-order valence-electron chi connectivity index (χ3n) is 7.62. The van der Waals surface area contributed by atoms with Gasteiger partial charge in [-0.1, -0.05) is 48.0 Å². The first kappa shape index (κ1) is 20.9. The summed E-state index contributed by atoms with van der Waals surface area (Å²) >= 11 is 0. The zero-order valence-electron chi connectivity index (χ0n) is 17.7. The molecule has 0 aromatic rings. The molecule has 1 saturated carbocycles. The van der Waals surface area contributed by atoms with Gasteiger partial charge < -0.3 is 9.53 Å². The predicted octanol–water partition coefficient (Wildman–Crippen LogP) is 5.10. The molecule has 0 bridgehead atoms. The number of hydrogen-bond acceptors (Lipinski definition) is 3. The van der Waals surface area contributed by atoms with Gasteiger partial charge in [0.25, 0.3) is 0 Å². The van der Waals surface area contributed by atoms with Gasteiger partial charge in [0.2, 0.25) is 0 Å². The van der Waals surface area contributed by atoms with Crippen molar-refractivity contribution in [2.45, 2.75) is 91.5 Å². The monoisotopic (exact) mass is 366 g/mol. The Balaban J connectivity index is 2.44. The lowest BCUT2D eigenvalue weighted by atomic mass is 9.47. The van der Waals surface area contributed by atoms with Gasteiger partial charge in [0.05, 0.1) is 6.61 Å². The highest BCUT2D eigenvalue weighted by Crippen LogP contribution is 2.60. The number of hydrogen-bond donors (Lipinski definition) is 1. The molecule has 144 valence electrons. The fraction of sp³-hybridized carbons (Fsp3) is 0.857. The third kappa shape index (κ3) is 3.19. The number of ketones is 1. The summed E-state index contributed by atoms with van der Waals surface area (Å²) in [4.78, 5) is 12.9. The molecule has 0 spiro atoms. The fourth-order valence-corrected chi connectivity index (χ4v) is 5.86. The smallest absolute Gasteiger partial charge is 0.192 e. The van der Waals surface area contributed by atoms with Crippen molar-refractivity contribution in [1.29, 1.82) is 0 Å². The van der Waals surface area contributed by atoms with Crippen molar-refractivity contribution in [3.05, 3.63) is 11.6 Å². The van der Waals surface area contributed by atoms with E-state index in [0.717, 1.165) is 24.8 Å². The lowest BCUT2D eigenvalue weighted by Gasteiger charge is -2.59. The summed E-state index contributed by atoms with van der Waals surface area (Å²) in [5.74, 6) is 0.0344. The van der Waals surface area contributed by atoms with Crippen molar-refractivity contribution in [3.63, 3.8) is 0 Å². The van der Waals surface area contributed by atoms with Crippen LogP contribution in [0.3, 0.4) is 0 Å². The van der Waals surface area contributed by atoms with Crippen molar-refractivity contribution in [3.8, 4) is 0 Å². The number of rotatable bonds is 3. The van der Waals surface area contributed by atoms with Crippen LogP contribution < -0.4 is 0 Å². The van der Waals surface area contributed by atoms with Crippen LogP contribution in [-0.4, -0.2) is 31.4 Å². The van der Waals surface area contributed by atoms with E-state index in [1.54, 1.807) is 6.08 Å². The Labute approximate surface area is 155 Å². The minimum absolute atomic E-state index is 0.0910. The van der Waals surface area contributed by atoms with Crippen LogP contribution in [0.15, 0.2) is 11.6 Å². The fourth-order valence-electron chi connectivity index (χ4n) is 4.85. The van der Waals surface area contributed by atoms with E-state index in [-0.39, 0.29) is 22.2 Å². The first-order valence-electron chi connectivity index (χ1n) is 9.67. The summed E-state index contributed by atoms with van der Waals surface area (Å²) in [5, 5.41) is 11.9. The van der Waals surface area contributed by atoms with Gasteiger partial charge in [0.15, 0.2) is 14.1 Å². The second kappa shape index (κ2) is 6.03. The van der Waals surface area contributed by atoms with E-state index in [2.05, 4.69) is 54.6 Å². The molecule has 0 amide bonds. The number of fused-ring (bicyclic) bond motifs is 1. The van der Waals surface area contributed by atoms with E-state index in [1.807, 2.05) is 6.92 Å². The van der Waals surface area contributed by atoms with Gasteiger partial charge in [-0.25, -0.2) is 0 Å². The number of carbonyl (C=O) groups is 1. The Morgan fingerprint density at radius 3 is 2.32 bits per heavy atom. The summed E-state index contributed by atoms with van der Waals surface area (Å²) in [6, 6.07) is 0. The van der Waals surface area contributed by atoms with Crippen LogP contribution in [0.1, 0.15) is 67.7 Å². The first-order chi connectivity index (χ1) is 11.1. The molecule has 2 aliphatic rings. The number of allylic oxidation sites excluding steroid dienone is 1. The summed E-state index contributed by atoms with van der Waals surface area (Å²) < 4.78 is 6.46. The molecule has 0 heterocycles. The Morgan fingerprint density at radius 1 is 1.24 bits per heavy atom. The molecule has 3 atom stereocenters. The van der Waals surface area contributed by atoms with Gasteiger partial charge >= 0.3 is 0 Å². The molecule has 0 aromatic carbocycles. The van der Waals surface area contributed by atoms with E-state index in [9.17, 15) is 9.90 Å². The largest absolute Gasteiger partial charge is 0.414 e. The van der Waals surface area contributed by atoms with Gasteiger partial charge in [0.1, 0.15) is 5.60 Å². The molecular weight excluding hydrogens is 328 g/mol. The van der Waals surface area contributed by atoms with Gasteiger partial charge in [-0.05, 0) is 55.0 Å². The Morgan fingerprint density at radius 2 is 1.80 bits per heavy atom. The first-order valence-corrected chi connectivity index (χ1v) is 12.6. The van der Waals surface area contributed by atoms with Crippen LogP contribution in [0.4, 0.5) is 0 Å². The van der Waals surface area contributed by atoms with Crippen LogP contribution in [0, 0.1) is 16.7 Å². The highest BCUT2D eigenvalue weighted by molar-refractivity contribution is 6.74. The van der Waals surface area contributed by atoms with Gasteiger partial charge in [-0.2, -0.15) is 0 Å². The molecule has 0 saturated heterocycles. The van der Waals surface area contributed by atoms with Crippen LogP contribution in [0.25, 0.3) is 0 Å². The van der Waals surface area contributed by atoms with Crippen molar-refractivity contribution in [2.24, 2.45) is 16.7 Å². The van der Waals surface area contributed by atoms with E-state index in [0.29, 0.717) is 6.61 Å². The normalized spacial score (nSPS) is 36.0. The molecule has 2 rings (SSSR count). The second-order valence-electron chi connectivity index (χ2n) is 10.8. The Hall–Kier alpha value is -0.453. The molecule has 0 aliphatic heterocycles.